The maximum Gasteiger partial charge on any atom is 0.337 e. The lowest BCUT2D eigenvalue weighted by molar-refractivity contribution is 0.0601. The van der Waals surface area contributed by atoms with Crippen molar-refractivity contribution in [3.05, 3.63) is 35.4 Å². The standard InChI is InChI=1S/C16H14O2/c1-18-16(17)15-11-9-14(10-12-15)6-3-2-5-13-7-4-8-13/h9-13H,4,7-8H2,1H3. The second-order valence-corrected chi connectivity index (χ2v) is 4.22. The van der Waals surface area contributed by atoms with E-state index < -0.39 is 0 Å². The second kappa shape index (κ2) is 5.94. The molecule has 1 aromatic rings. The molecule has 0 bridgehead atoms. The molecule has 0 spiro atoms. The highest BCUT2D eigenvalue weighted by atomic mass is 16.5. The normalized spacial score (nSPS) is 13.4. The summed E-state index contributed by atoms with van der Waals surface area (Å²) >= 11 is 0. The van der Waals surface area contributed by atoms with E-state index in [1.165, 1.54) is 26.4 Å². The Morgan fingerprint density at radius 1 is 1.22 bits per heavy atom. The zero-order valence-electron chi connectivity index (χ0n) is 10.3. The smallest absolute Gasteiger partial charge is 0.337 e. The van der Waals surface area contributed by atoms with E-state index in [2.05, 4.69) is 28.4 Å². The van der Waals surface area contributed by atoms with Crippen molar-refractivity contribution >= 4 is 5.97 Å². The van der Waals surface area contributed by atoms with E-state index in [0.29, 0.717) is 11.5 Å². The van der Waals surface area contributed by atoms with Crippen LogP contribution in [0.1, 0.15) is 35.2 Å². The van der Waals surface area contributed by atoms with Crippen molar-refractivity contribution < 1.29 is 9.53 Å². The van der Waals surface area contributed by atoms with Gasteiger partial charge in [-0.15, -0.1) is 0 Å². The molecule has 0 heterocycles. The third-order valence-corrected chi connectivity index (χ3v) is 2.96. The molecule has 0 atom stereocenters. The highest BCUT2D eigenvalue weighted by Crippen LogP contribution is 2.24. The molecule has 18 heavy (non-hydrogen) atoms. The summed E-state index contributed by atoms with van der Waals surface area (Å²) in [4.78, 5) is 11.2. The van der Waals surface area contributed by atoms with Gasteiger partial charge in [0.25, 0.3) is 0 Å². The van der Waals surface area contributed by atoms with Crippen molar-refractivity contribution in [2.24, 2.45) is 5.92 Å². The van der Waals surface area contributed by atoms with E-state index in [0.717, 1.165) is 5.56 Å². The number of methoxy groups -OCH3 is 1. The molecule has 2 rings (SSSR count). The van der Waals surface area contributed by atoms with E-state index in [9.17, 15) is 4.79 Å². The Bertz CT molecular complexity index is 543. The van der Waals surface area contributed by atoms with E-state index in [4.69, 9.17) is 0 Å². The number of carbonyl (C=O) groups is 1. The number of rotatable bonds is 1. The first-order valence-electron chi connectivity index (χ1n) is 5.99. The molecule has 1 aromatic carbocycles. The summed E-state index contributed by atoms with van der Waals surface area (Å²) in [5, 5.41) is 0. The van der Waals surface area contributed by atoms with Gasteiger partial charge in [0, 0.05) is 11.5 Å². The van der Waals surface area contributed by atoms with Crippen LogP contribution in [-0.2, 0) is 4.74 Å². The average molecular weight is 238 g/mol. The SMILES string of the molecule is COC(=O)c1ccc(C#CC#CC2CCC2)cc1. The van der Waals surface area contributed by atoms with E-state index >= 15 is 0 Å². The van der Waals surface area contributed by atoms with Gasteiger partial charge in [-0.1, -0.05) is 18.3 Å². The highest BCUT2D eigenvalue weighted by molar-refractivity contribution is 5.89. The van der Waals surface area contributed by atoms with Crippen LogP contribution in [0.15, 0.2) is 24.3 Å². The number of benzene rings is 1. The largest absolute Gasteiger partial charge is 0.465 e. The Hall–Kier alpha value is -2.19. The van der Waals surface area contributed by atoms with Crippen molar-refractivity contribution in [3.8, 4) is 23.7 Å². The Morgan fingerprint density at radius 3 is 2.50 bits per heavy atom. The molecule has 0 saturated heterocycles. The lowest BCUT2D eigenvalue weighted by atomic mass is 9.86. The quantitative estimate of drug-likeness (QED) is 0.555. The van der Waals surface area contributed by atoms with Crippen LogP contribution in [-0.4, -0.2) is 13.1 Å². The predicted octanol–water partition coefficient (Wildman–Crippen LogP) is 2.63. The number of esters is 1. The van der Waals surface area contributed by atoms with Gasteiger partial charge in [-0.2, -0.15) is 0 Å². The Morgan fingerprint density at radius 2 is 1.94 bits per heavy atom. The predicted molar refractivity (Wildman–Crippen MR) is 69.8 cm³/mol. The first kappa shape index (κ1) is 12.3. The maximum absolute atomic E-state index is 11.2. The van der Waals surface area contributed by atoms with Crippen LogP contribution in [0.25, 0.3) is 0 Å². The van der Waals surface area contributed by atoms with Gasteiger partial charge >= 0.3 is 5.97 Å². The van der Waals surface area contributed by atoms with Crippen molar-refractivity contribution in [3.63, 3.8) is 0 Å². The van der Waals surface area contributed by atoms with Crippen LogP contribution in [0.5, 0.6) is 0 Å². The monoisotopic (exact) mass is 238 g/mol. The first-order valence-corrected chi connectivity index (χ1v) is 5.99. The van der Waals surface area contributed by atoms with Crippen LogP contribution in [0, 0.1) is 29.6 Å². The Kier molecular flexibility index (Phi) is 4.05. The molecule has 0 unspecified atom stereocenters. The van der Waals surface area contributed by atoms with E-state index in [1.54, 1.807) is 24.3 Å². The van der Waals surface area contributed by atoms with Crippen molar-refractivity contribution in [2.75, 3.05) is 7.11 Å². The van der Waals surface area contributed by atoms with Crippen molar-refractivity contribution in [2.45, 2.75) is 19.3 Å². The average Bonchev–Trinajstić information content (AvgIpc) is 2.36. The zero-order valence-corrected chi connectivity index (χ0v) is 10.3. The van der Waals surface area contributed by atoms with Crippen LogP contribution in [0.4, 0.5) is 0 Å². The fourth-order valence-electron chi connectivity index (χ4n) is 1.60. The van der Waals surface area contributed by atoms with Gasteiger partial charge in [-0.25, -0.2) is 4.79 Å². The number of hydrogen-bond acceptors (Lipinski definition) is 2. The molecule has 0 radical (unpaired) electrons. The summed E-state index contributed by atoms with van der Waals surface area (Å²) in [6.45, 7) is 0. The van der Waals surface area contributed by atoms with Gasteiger partial charge in [-0.3, -0.25) is 0 Å². The Balaban J connectivity index is 1.98. The van der Waals surface area contributed by atoms with Crippen molar-refractivity contribution in [1.82, 2.24) is 0 Å². The molecule has 90 valence electrons. The summed E-state index contributed by atoms with van der Waals surface area (Å²) in [5.41, 5.74) is 1.38. The summed E-state index contributed by atoms with van der Waals surface area (Å²) in [6, 6.07) is 7.00. The lowest BCUT2D eigenvalue weighted by Gasteiger charge is -2.18. The number of carbonyl (C=O) groups excluding carboxylic acids is 1. The molecule has 0 N–H and O–H groups in total. The Labute approximate surface area is 107 Å². The summed E-state index contributed by atoms with van der Waals surface area (Å²) in [6.07, 6.45) is 3.72. The molecule has 0 aromatic heterocycles. The molecule has 0 amide bonds. The molecule has 2 nitrogen and oxygen atoms in total. The minimum atomic E-state index is -0.334. The van der Waals surface area contributed by atoms with E-state index in [1.807, 2.05) is 0 Å². The van der Waals surface area contributed by atoms with Gasteiger partial charge in [0.2, 0.25) is 0 Å². The van der Waals surface area contributed by atoms with Gasteiger partial charge in [-0.05, 0) is 48.9 Å². The fourth-order valence-corrected chi connectivity index (χ4v) is 1.60. The van der Waals surface area contributed by atoms with Crippen molar-refractivity contribution in [1.29, 1.82) is 0 Å². The first-order chi connectivity index (χ1) is 8.79. The maximum atomic E-state index is 11.2. The zero-order chi connectivity index (χ0) is 12.8. The minimum Gasteiger partial charge on any atom is -0.465 e. The molecule has 1 fully saturated rings. The van der Waals surface area contributed by atoms with Gasteiger partial charge < -0.3 is 4.74 Å². The van der Waals surface area contributed by atoms with Gasteiger partial charge in [0.1, 0.15) is 0 Å². The molecule has 1 aliphatic rings. The topological polar surface area (TPSA) is 26.3 Å². The molecule has 0 aliphatic heterocycles. The number of hydrogen-bond donors (Lipinski definition) is 0. The van der Waals surface area contributed by atoms with E-state index in [-0.39, 0.29) is 5.97 Å². The third-order valence-electron chi connectivity index (χ3n) is 2.96. The molecular formula is C16H14O2. The molecular weight excluding hydrogens is 224 g/mol. The highest BCUT2D eigenvalue weighted by Gasteiger charge is 2.13. The molecule has 1 saturated carbocycles. The summed E-state index contributed by atoms with van der Waals surface area (Å²) in [5.74, 6) is 12.0. The minimum absolute atomic E-state index is 0.334. The third kappa shape index (κ3) is 3.15. The molecule has 2 heteroatoms. The summed E-state index contributed by atoms with van der Waals surface area (Å²) < 4.78 is 4.62. The number of ether oxygens (including phenoxy) is 1. The second-order valence-electron chi connectivity index (χ2n) is 4.22. The van der Waals surface area contributed by atoms with Gasteiger partial charge in [0.05, 0.1) is 12.7 Å². The summed E-state index contributed by atoms with van der Waals surface area (Å²) in [7, 11) is 1.37. The van der Waals surface area contributed by atoms with Crippen LogP contribution in [0.2, 0.25) is 0 Å². The van der Waals surface area contributed by atoms with Crippen LogP contribution < -0.4 is 0 Å². The fraction of sp³-hybridized carbons (Fsp3) is 0.312. The molecule has 1 aliphatic carbocycles. The van der Waals surface area contributed by atoms with Crippen LogP contribution in [0.3, 0.4) is 0 Å². The van der Waals surface area contributed by atoms with Crippen LogP contribution >= 0.6 is 0 Å². The lowest BCUT2D eigenvalue weighted by Crippen LogP contribution is -2.07. The van der Waals surface area contributed by atoms with Gasteiger partial charge in [0.15, 0.2) is 0 Å².